The number of nitrogens with zero attached hydrogens (tertiary/aromatic N) is 2. The lowest BCUT2D eigenvalue weighted by Crippen LogP contribution is -1.98. The molecule has 0 saturated heterocycles. The van der Waals surface area contributed by atoms with Crippen molar-refractivity contribution in [1.29, 1.82) is 0 Å². The molecule has 1 aromatic carbocycles. The van der Waals surface area contributed by atoms with Crippen LogP contribution in [0.5, 0.6) is 0 Å². The van der Waals surface area contributed by atoms with Crippen molar-refractivity contribution in [3.05, 3.63) is 41.0 Å². The van der Waals surface area contributed by atoms with E-state index in [1.54, 1.807) is 6.07 Å². The van der Waals surface area contributed by atoms with Crippen LogP contribution in [0.3, 0.4) is 0 Å². The smallest absolute Gasteiger partial charge is 0.150 e. The third kappa shape index (κ3) is 1.58. The zero-order chi connectivity index (χ0) is 12.7. The van der Waals surface area contributed by atoms with Crippen molar-refractivity contribution in [2.24, 2.45) is 0 Å². The number of aliphatic hydroxyl groups is 1. The van der Waals surface area contributed by atoms with E-state index in [4.69, 9.17) is 17.3 Å². The van der Waals surface area contributed by atoms with Gasteiger partial charge in [0, 0.05) is 10.8 Å². The number of halogens is 1. The van der Waals surface area contributed by atoms with E-state index in [0.29, 0.717) is 22.1 Å². The molecule has 0 fully saturated rings. The molecule has 3 aromatic rings. The molecule has 5 heteroatoms. The minimum Gasteiger partial charge on any atom is -0.392 e. The predicted molar refractivity (Wildman–Crippen MR) is 72.4 cm³/mol. The number of rotatable bonds is 1. The summed E-state index contributed by atoms with van der Waals surface area (Å²) in [5.41, 5.74) is 7.92. The topological polar surface area (TPSA) is 72.0 Å². The van der Waals surface area contributed by atoms with Crippen LogP contribution >= 0.6 is 11.6 Å². The van der Waals surface area contributed by atoms with E-state index < -0.39 is 0 Å². The fourth-order valence-electron chi connectivity index (χ4n) is 2.14. The number of benzene rings is 1. The summed E-state index contributed by atoms with van der Waals surface area (Å²) in [6.45, 7) is -0.119. The Kier molecular flexibility index (Phi) is 2.54. The lowest BCUT2D eigenvalue weighted by Gasteiger charge is -2.09. The van der Waals surface area contributed by atoms with Crippen LogP contribution in [0.1, 0.15) is 5.56 Å². The Morgan fingerprint density at radius 3 is 2.78 bits per heavy atom. The van der Waals surface area contributed by atoms with E-state index in [-0.39, 0.29) is 6.61 Å². The van der Waals surface area contributed by atoms with E-state index >= 15 is 0 Å². The first-order chi connectivity index (χ1) is 8.70. The fraction of sp³-hybridized carbons (Fsp3) is 0.0769. The van der Waals surface area contributed by atoms with Gasteiger partial charge in [-0.15, -0.1) is 0 Å². The van der Waals surface area contributed by atoms with Crippen molar-refractivity contribution in [2.75, 3.05) is 5.73 Å². The van der Waals surface area contributed by atoms with E-state index in [1.807, 2.05) is 24.3 Å². The van der Waals surface area contributed by atoms with Gasteiger partial charge < -0.3 is 10.8 Å². The molecule has 18 heavy (non-hydrogen) atoms. The van der Waals surface area contributed by atoms with E-state index in [9.17, 15) is 5.11 Å². The van der Waals surface area contributed by atoms with Crippen molar-refractivity contribution >= 4 is 39.2 Å². The molecule has 2 aromatic heterocycles. The lowest BCUT2D eigenvalue weighted by atomic mass is 10.0. The Labute approximate surface area is 108 Å². The Bertz CT molecular complexity index is 758. The summed E-state index contributed by atoms with van der Waals surface area (Å²) >= 11 is 5.92. The second-order valence-corrected chi connectivity index (χ2v) is 4.39. The summed E-state index contributed by atoms with van der Waals surface area (Å²) in [7, 11) is 0. The van der Waals surface area contributed by atoms with Crippen molar-refractivity contribution < 1.29 is 5.11 Å². The highest BCUT2D eigenvalue weighted by Gasteiger charge is 2.12. The Morgan fingerprint density at radius 2 is 2.00 bits per heavy atom. The SMILES string of the molecule is Nc1nc2ccccc2c2c(CO)cc(Cl)nc12. The maximum Gasteiger partial charge on any atom is 0.150 e. The molecule has 0 bridgehead atoms. The molecule has 0 atom stereocenters. The molecule has 0 aliphatic carbocycles. The van der Waals surface area contributed by atoms with Gasteiger partial charge in [-0.25, -0.2) is 9.97 Å². The van der Waals surface area contributed by atoms with Gasteiger partial charge >= 0.3 is 0 Å². The first-order valence-corrected chi connectivity index (χ1v) is 5.82. The third-order valence-electron chi connectivity index (χ3n) is 2.90. The third-order valence-corrected chi connectivity index (χ3v) is 3.09. The number of aliphatic hydroxyl groups excluding tert-OH is 1. The van der Waals surface area contributed by atoms with Crippen LogP contribution < -0.4 is 5.73 Å². The van der Waals surface area contributed by atoms with Gasteiger partial charge in [0.15, 0.2) is 5.82 Å². The number of pyridine rings is 2. The minimum absolute atomic E-state index is 0.119. The lowest BCUT2D eigenvalue weighted by molar-refractivity contribution is 0.283. The van der Waals surface area contributed by atoms with Gasteiger partial charge in [0.25, 0.3) is 0 Å². The summed E-state index contributed by atoms with van der Waals surface area (Å²) in [6, 6.07) is 9.26. The monoisotopic (exact) mass is 259 g/mol. The molecule has 90 valence electrons. The zero-order valence-corrected chi connectivity index (χ0v) is 10.1. The van der Waals surface area contributed by atoms with Crippen LogP contribution in [0.4, 0.5) is 5.82 Å². The summed E-state index contributed by atoms with van der Waals surface area (Å²) in [5, 5.41) is 11.5. The molecule has 0 radical (unpaired) electrons. The van der Waals surface area contributed by atoms with Crippen LogP contribution in [0.15, 0.2) is 30.3 Å². The quantitative estimate of drug-likeness (QED) is 0.520. The van der Waals surface area contributed by atoms with Gasteiger partial charge in [0.2, 0.25) is 0 Å². The second kappa shape index (κ2) is 4.08. The van der Waals surface area contributed by atoms with Gasteiger partial charge in [0.05, 0.1) is 12.1 Å². The molecule has 0 aliphatic rings. The van der Waals surface area contributed by atoms with Gasteiger partial charge in [-0.3, -0.25) is 0 Å². The highest BCUT2D eigenvalue weighted by molar-refractivity contribution is 6.30. The summed E-state index contributed by atoms with van der Waals surface area (Å²) in [4.78, 5) is 8.50. The van der Waals surface area contributed by atoms with E-state index in [0.717, 1.165) is 16.3 Å². The average Bonchev–Trinajstić information content (AvgIpc) is 2.38. The van der Waals surface area contributed by atoms with Gasteiger partial charge in [0.1, 0.15) is 10.7 Å². The largest absolute Gasteiger partial charge is 0.392 e. The number of para-hydroxylation sites is 1. The normalized spacial score (nSPS) is 11.2. The molecule has 0 aliphatic heterocycles. The van der Waals surface area contributed by atoms with Crippen LogP contribution in [0, 0.1) is 0 Å². The number of aromatic nitrogens is 2. The Hall–Kier alpha value is -1.91. The summed E-state index contributed by atoms with van der Waals surface area (Å²) in [6.07, 6.45) is 0. The van der Waals surface area contributed by atoms with Gasteiger partial charge in [-0.2, -0.15) is 0 Å². The van der Waals surface area contributed by atoms with Gasteiger partial charge in [-0.1, -0.05) is 29.8 Å². The molecule has 3 N–H and O–H groups in total. The van der Waals surface area contributed by atoms with Crippen LogP contribution in [-0.2, 0) is 6.61 Å². The van der Waals surface area contributed by atoms with Crippen molar-refractivity contribution in [2.45, 2.75) is 6.61 Å². The molecule has 0 spiro atoms. The maximum atomic E-state index is 9.46. The van der Waals surface area contributed by atoms with Crippen LogP contribution in [0.25, 0.3) is 21.8 Å². The second-order valence-electron chi connectivity index (χ2n) is 4.00. The first kappa shape index (κ1) is 11.2. The molecule has 0 saturated carbocycles. The molecule has 3 rings (SSSR count). The first-order valence-electron chi connectivity index (χ1n) is 5.45. The number of nitrogen functional groups attached to an aromatic ring is 1. The van der Waals surface area contributed by atoms with Crippen LogP contribution in [-0.4, -0.2) is 15.1 Å². The Morgan fingerprint density at radius 1 is 1.22 bits per heavy atom. The molecular formula is C13H10ClN3O. The van der Waals surface area contributed by atoms with Gasteiger partial charge in [-0.05, 0) is 17.7 Å². The van der Waals surface area contributed by atoms with E-state index in [1.165, 1.54) is 0 Å². The minimum atomic E-state index is -0.119. The number of hydrogen-bond donors (Lipinski definition) is 2. The van der Waals surface area contributed by atoms with E-state index in [2.05, 4.69) is 9.97 Å². The number of anilines is 1. The molecule has 4 nitrogen and oxygen atoms in total. The van der Waals surface area contributed by atoms with Crippen molar-refractivity contribution in [3.63, 3.8) is 0 Å². The predicted octanol–water partition coefficient (Wildman–Crippen LogP) is 2.51. The van der Waals surface area contributed by atoms with Crippen LogP contribution in [0.2, 0.25) is 5.15 Å². The summed E-state index contributed by atoms with van der Waals surface area (Å²) < 4.78 is 0. The fourth-order valence-corrected chi connectivity index (χ4v) is 2.36. The van der Waals surface area contributed by atoms with Crippen molar-refractivity contribution in [3.8, 4) is 0 Å². The Balaban J connectivity index is 2.61. The number of nitrogens with two attached hydrogens (primary N) is 1. The number of hydrogen-bond acceptors (Lipinski definition) is 4. The molecule has 2 heterocycles. The maximum absolute atomic E-state index is 9.46. The standard InChI is InChI=1S/C13H10ClN3O/c14-10-5-7(6-18)11-8-3-1-2-4-9(8)16-13(15)12(11)17-10/h1-5,18H,6H2,(H2,15,16). The highest BCUT2D eigenvalue weighted by Crippen LogP contribution is 2.30. The van der Waals surface area contributed by atoms with Crippen molar-refractivity contribution in [1.82, 2.24) is 9.97 Å². The molecular weight excluding hydrogens is 250 g/mol. The molecule has 0 unspecified atom stereocenters. The zero-order valence-electron chi connectivity index (χ0n) is 9.39. The average molecular weight is 260 g/mol. The highest BCUT2D eigenvalue weighted by atomic mass is 35.5. The molecule has 0 amide bonds. The summed E-state index contributed by atoms with van der Waals surface area (Å²) in [5.74, 6) is 0.320. The number of fused-ring (bicyclic) bond motifs is 3.